The topological polar surface area (TPSA) is 64.4 Å². The number of halogens is 1. The van der Waals surface area contributed by atoms with Crippen LogP contribution in [0.3, 0.4) is 0 Å². The summed E-state index contributed by atoms with van der Waals surface area (Å²) in [4.78, 5) is 11.8. The van der Waals surface area contributed by atoms with Crippen molar-refractivity contribution in [3.63, 3.8) is 0 Å². The van der Waals surface area contributed by atoms with Crippen LogP contribution in [0.15, 0.2) is 18.2 Å². The number of amides is 1. The minimum atomic E-state index is -0.492. The third kappa shape index (κ3) is 2.74. The fourth-order valence-electron chi connectivity index (χ4n) is 1.84. The molecule has 0 spiro atoms. The Bertz CT molecular complexity index is 437. The lowest BCUT2D eigenvalue weighted by Gasteiger charge is -2.12. The minimum Gasteiger partial charge on any atom is -0.396 e. The molecule has 1 aromatic rings. The molecule has 1 aliphatic rings. The molecule has 1 aliphatic heterocycles. The highest BCUT2D eigenvalue weighted by atomic mass is 19.1. The molecule has 92 valence electrons. The molecule has 4 nitrogen and oxygen atoms in total. The predicted molar refractivity (Wildman–Crippen MR) is 63.0 cm³/mol. The Kier molecular flexibility index (Phi) is 3.28. The highest BCUT2D eigenvalue weighted by Crippen LogP contribution is 2.21. The molecule has 0 saturated carbocycles. The number of nitrogen functional groups attached to an aromatic ring is 1. The number of nitrogens with two attached hydrogens (primary N) is 1. The number of rotatable bonds is 2. The summed E-state index contributed by atoms with van der Waals surface area (Å²) in [6.07, 6.45) is 1.29. The van der Waals surface area contributed by atoms with Crippen molar-refractivity contribution in [1.29, 1.82) is 0 Å². The van der Waals surface area contributed by atoms with Crippen LogP contribution in [-0.2, 0) is 9.53 Å². The van der Waals surface area contributed by atoms with Crippen molar-refractivity contribution in [3.05, 3.63) is 24.0 Å². The molecule has 0 bridgehead atoms. The third-order valence-corrected chi connectivity index (χ3v) is 2.79. The van der Waals surface area contributed by atoms with Gasteiger partial charge in [0.1, 0.15) is 11.9 Å². The molecule has 5 heteroatoms. The molecule has 1 heterocycles. The van der Waals surface area contributed by atoms with Gasteiger partial charge in [0, 0.05) is 5.69 Å². The van der Waals surface area contributed by atoms with E-state index in [1.54, 1.807) is 0 Å². The molecule has 2 rings (SSSR count). The second kappa shape index (κ2) is 4.71. The van der Waals surface area contributed by atoms with Gasteiger partial charge in [0.05, 0.1) is 11.8 Å². The summed E-state index contributed by atoms with van der Waals surface area (Å²) in [7, 11) is 0. The maximum atomic E-state index is 12.9. The Morgan fingerprint density at radius 2 is 2.29 bits per heavy atom. The summed E-state index contributed by atoms with van der Waals surface area (Å²) in [6, 6.07) is 4.09. The van der Waals surface area contributed by atoms with Gasteiger partial charge in [0.15, 0.2) is 0 Å². The number of nitrogens with one attached hydrogen (secondary N) is 1. The molecule has 3 N–H and O–H groups in total. The van der Waals surface area contributed by atoms with Crippen LogP contribution in [0, 0.1) is 5.82 Å². The zero-order valence-corrected chi connectivity index (χ0v) is 9.57. The second-order valence-corrected chi connectivity index (χ2v) is 4.24. The van der Waals surface area contributed by atoms with Crippen molar-refractivity contribution in [2.45, 2.75) is 32.0 Å². The molecule has 17 heavy (non-hydrogen) atoms. The lowest BCUT2D eigenvalue weighted by atomic mass is 10.2. The Balaban J connectivity index is 2.00. The van der Waals surface area contributed by atoms with E-state index in [-0.39, 0.29) is 17.7 Å². The Hall–Kier alpha value is -1.62. The van der Waals surface area contributed by atoms with E-state index in [2.05, 4.69) is 5.32 Å². The van der Waals surface area contributed by atoms with Crippen LogP contribution < -0.4 is 11.1 Å². The van der Waals surface area contributed by atoms with Crippen molar-refractivity contribution in [3.8, 4) is 0 Å². The summed E-state index contributed by atoms with van der Waals surface area (Å²) >= 11 is 0. The number of carbonyl (C=O) groups is 1. The van der Waals surface area contributed by atoms with Gasteiger partial charge in [0.2, 0.25) is 0 Å². The van der Waals surface area contributed by atoms with Crippen LogP contribution in [0.4, 0.5) is 15.8 Å². The summed E-state index contributed by atoms with van der Waals surface area (Å²) in [6.45, 7) is 1.93. The summed E-state index contributed by atoms with van der Waals surface area (Å²) in [5.74, 6) is -0.700. The maximum Gasteiger partial charge on any atom is 0.253 e. The molecular weight excluding hydrogens is 223 g/mol. The van der Waals surface area contributed by atoms with Gasteiger partial charge in [-0.25, -0.2) is 4.39 Å². The molecule has 1 amide bonds. The smallest absolute Gasteiger partial charge is 0.253 e. The first kappa shape index (κ1) is 11.9. The van der Waals surface area contributed by atoms with Crippen molar-refractivity contribution in [2.75, 3.05) is 11.1 Å². The molecule has 2 unspecified atom stereocenters. The second-order valence-electron chi connectivity index (χ2n) is 4.24. The van der Waals surface area contributed by atoms with Crippen molar-refractivity contribution < 1.29 is 13.9 Å². The number of anilines is 2. The van der Waals surface area contributed by atoms with Crippen molar-refractivity contribution >= 4 is 17.3 Å². The summed E-state index contributed by atoms with van der Waals surface area (Å²) in [5.41, 5.74) is 5.91. The predicted octanol–water partition coefficient (Wildman–Crippen LogP) is 1.91. The quantitative estimate of drug-likeness (QED) is 0.773. The third-order valence-electron chi connectivity index (χ3n) is 2.79. The first-order chi connectivity index (χ1) is 8.06. The van der Waals surface area contributed by atoms with Crippen LogP contribution in [0.25, 0.3) is 0 Å². The first-order valence-electron chi connectivity index (χ1n) is 5.57. The maximum absolute atomic E-state index is 12.9. The monoisotopic (exact) mass is 238 g/mol. The molecule has 0 aliphatic carbocycles. The van der Waals surface area contributed by atoms with Gasteiger partial charge in [-0.3, -0.25) is 4.79 Å². The van der Waals surface area contributed by atoms with Crippen LogP contribution in [0.2, 0.25) is 0 Å². The number of benzene rings is 1. The Labute approximate surface area is 98.9 Å². The highest BCUT2D eigenvalue weighted by molar-refractivity contribution is 5.94. The van der Waals surface area contributed by atoms with Gasteiger partial charge in [-0.15, -0.1) is 0 Å². The molecule has 0 radical (unpaired) electrons. The van der Waals surface area contributed by atoms with Gasteiger partial charge < -0.3 is 15.8 Å². The fraction of sp³-hybridized carbons (Fsp3) is 0.417. The van der Waals surface area contributed by atoms with E-state index in [4.69, 9.17) is 10.5 Å². The average Bonchev–Trinajstić information content (AvgIpc) is 2.70. The highest BCUT2D eigenvalue weighted by Gasteiger charge is 2.28. The van der Waals surface area contributed by atoms with Crippen LogP contribution in [-0.4, -0.2) is 18.1 Å². The van der Waals surface area contributed by atoms with Crippen LogP contribution >= 0.6 is 0 Å². The number of hydrogen-bond donors (Lipinski definition) is 2. The van der Waals surface area contributed by atoms with Gasteiger partial charge in [0.25, 0.3) is 5.91 Å². The first-order valence-corrected chi connectivity index (χ1v) is 5.57. The Morgan fingerprint density at radius 1 is 1.53 bits per heavy atom. The van der Waals surface area contributed by atoms with Gasteiger partial charge in [-0.05, 0) is 38.0 Å². The number of ether oxygens (including phenoxy) is 1. The van der Waals surface area contributed by atoms with Gasteiger partial charge in [-0.2, -0.15) is 0 Å². The largest absolute Gasteiger partial charge is 0.396 e. The van der Waals surface area contributed by atoms with Crippen molar-refractivity contribution in [1.82, 2.24) is 0 Å². The molecule has 2 atom stereocenters. The minimum absolute atomic E-state index is 0.0171. The molecular formula is C12H15FN2O2. The molecule has 1 fully saturated rings. The van der Waals surface area contributed by atoms with Crippen LogP contribution in [0.1, 0.15) is 19.8 Å². The van der Waals surface area contributed by atoms with Crippen molar-refractivity contribution in [2.24, 2.45) is 0 Å². The number of hydrogen-bond acceptors (Lipinski definition) is 3. The van der Waals surface area contributed by atoms with E-state index in [1.807, 2.05) is 6.92 Å². The lowest BCUT2D eigenvalue weighted by molar-refractivity contribution is -0.126. The normalized spacial score (nSPS) is 23.6. The zero-order chi connectivity index (χ0) is 12.4. The molecule has 1 saturated heterocycles. The zero-order valence-electron chi connectivity index (χ0n) is 9.57. The lowest BCUT2D eigenvalue weighted by Crippen LogP contribution is -2.27. The van der Waals surface area contributed by atoms with E-state index in [0.717, 1.165) is 6.42 Å². The van der Waals surface area contributed by atoms with E-state index in [9.17, 15) is 9.18 Å². The van der Waals surface area contributed by atoms with E-state index in [1.165, 1.54) is 18.2 Å². The van der Waals surface area contributed by atoms with Gasteiger partial charge in [-0.1, -0.05) is 0 Å². The number of carbonyl (C=O) groups excluding carboxylic acids is 1. The van der Waals surface area contributed by atoms with E-state index < -0.39 is 11.9 Å². The SMILES string of the molecule is CC1CCC(C(=O)Nc2ccc(F)c(N)c2)O1. The van der Waals surface area contributed by atoms with Gasteiger partial charge >= 0.3 is 0 Å². The standard InChI is InChI=1S/C12H15FN2O2/c1-7-2-5-11(17-7)12(16)15-8-3-4-9(13)10(14)6-8/h3-4,6-7,11H,2,5,14H2,1H3,(H,15,16). The average molecular weight is 238 g/mol. The van der Waals surface area contributed by atoms with E-state index in [0.29, 0.717) is 12.1 Å². The fourth-order valence-corrected chi connectivity index (χ4v) is 1.84. The molecule has 1 aromatic carbocycles. The summed E-state index contributed by atoms with van der Waals surface area (Å²) in [5, 5.41) is 2.66. The molecule has 0 aromatic heterocycles. The van der Waals surface area contributed by atoms with Crippen LogP contribution in [0.5, 0.6) is 0 Å². The van der Waals surface area contributed by atoms with E-state index >= 15 is 0 Å². The summed E-state index contributed by atoms with van der Waals surface area (Å²) < 4.78 is 18.4. The Morgan fingerprint density at radius 3 is 2.88 bits per heavy atom.